The van der Waals surface area contributed by atoms with Crippen LogP contribution in [0, 0.1) is 0 Å². The van der Waals surface area contributed by atoms with Crippen molar-refractivity contribution in [1.29, 1.82) is 0 Å². The first-order valence-corrected chi connectivity index (χ1v) is 6.29. The number of halogens is 1. The normalized spacial score (nSPS) is 11.3. The third-order valence-corrected chi connectivity index (χ3v) is 2.98. The van der Waals surface area contributed by atoms with Gasteiger partial charge in [0.25, 0.3) is 5.91 Å². The van der Waals surface area contributed by atoms with Gasteiger partial charge < -0.3 is 15.2 Å². The molecule has 7 nitrogen and oxygen atoms in total. The fourth-order valence-corrected chi connectivity index (χ4v) is 1.70. The number of benzene rings is 1. The molecule has 3 amide bonds. The highest BCUT2D eigenvalue weighted by Gasteiger charge is 2.21. The zero-order chi connectivity index (χ0) is 15.3. The smallest absolute Gasteiger partial charge is 0.340 e. The number of nitrogens with one attached hydrogen (secondary N) is 1. The van der Waals surface area contributed by atoms with E-state index in [4.69, 9.17) is 15.2 Å². The van der Waals surface area contributed by atoms with E-state index in [2.05, 4.69) is 15.9 Å². The van der Waals surface area contributed by atoms with E-state index in [9.17, 15) is 14.4 Å². The van der Waals surface area contributed by atoms with Crippen molar-refractivity contribution in [2.24, 2.45) is 5.73 Å². The summed E-state index contributed by atoms with van der Waals surface area (Å²) in [6.45, 7) is 1.32. The second-order valence-electron chi connectivity index (χ2n) is 3.75. The van der Waals surface area contributed by atoms with Crippen LogP contribution in [0.1, 0.15) is 17.3 Å². The van der Waals surface area contributed by atoms with Gasteiger partial charge in [0.2, 0.25) is 0 Å². The maximum atomic E-state index is 11.9. The van der Waals surface area contributed by atoms with Crippen LogP contribution in [0.25, 0.3) is 0 Å². The van der Waals surface area contributed by atoms with E-state index in [0.29, 0.717) is 10.2 Å². The molecule has 20 heavy (non-hydrogen) atoms. The van der Waals surface area contributed by atoms with Gasteiger partial charge in [0.05, 0.1) is 12.7 Å². The molecule has 0 spiro atoms. The SMILES string of the molecule is COc1ccc(Br)c(C(=O)OC(C)C(=O)NC(N)=O)c1. The first-order chi connectivity index (χ1) is 9.35. The summed E-state index contributed by atoms with van der Waals surface area (Å²) < 4.78 is 10.4. The third-order valence-electron chi connectivity index (χ3n) is 2.29. The van der Waals surface area contributed by atoms with Gasteiger partial charge in [-0.2, -0.15) is 0 Å². The lowest BCUT2D eigenvalue weighted by Crippen LogP contribution is -2.42. The van der Waals surface area contributed by atoms with E-state index in [1.807, 2.05) is 5.32 Å². The Kier molecular flexibility index (Phi) is 5.51. The summed E-state index contributed by atoms with van der Waals surface area (Å²) >= 11 is 3.20. The zero-order valence-corrected chi connectivity index (χ0v) is 12.4. The van der Waals surface area contributed by atoms with Crippen molar-refractivity contribution in [1.82, 2.24) is 5.32 Å². The van der Waals surface area contributed by atoms with Gasteiger partial charge in [-0.1, -0.05) is 0 Å². The van der Waals surface area contributed by atoms with Gasteiger partial charge in [-0.05, 0) is 41.1 Å². The first kappa shape index (κ1) is 16.0. The van der Waals surface area contributed by atoms with E-state index in [-0.39, 0.29) is 5.56 Å². The summed E-state index contributed by atoms with van der Waals surface area (Å²) in [5.41, 5.74) is 5.00. The Bertz CT molecular complexity index is 547. The molecule has 0 fully saturated rings. The van der Waals surface area contributed by atoms with Crippen molar-refractivity contribution in [3.8, 4) is 5.75 Å². The molecule has 0 aliphatic rings. The number of amides is 3. The number of imide groups is 1. The van der Waals surface area contributed by atoms with Crippen LogP contribution in [-0.2, 0) is 9.53 Å². The van der Waals surface area contributed by atoms with Crippen LogP contribution < -0.4 is 15.8 Å². The van der Waals surface area contributed by atoms with Crippen LogP contribution in [0.5, 0.6) is 5.75 Å². The minimum Gasteiger partial charge on any atom is -0.497 e. The Labute approximate surface area is 123 Å². The predicted octanol–water partition coefficient (Wildman–Crippen LogP) is 1.20. The maximum absolute atomic E-state index is 11.9. The predicted molar refractivity (Wildman–Crippen MR) is 73.3 cm³/mol. The van der Waals surface area contributed by atoms with Gasteiger partial charge >= 0.3 is 12.0 Å². The Hall–Kier alpha value is -2.09. The molecule has 0 aliphatic carbocycles. The lowest BCUT2D eigenvalue weighted by molar-refractivity contribution is -0.127. The summed E-state index contributed by atoms with van der Waals surface area (Å²) in [6.07, 6.45) is -1.16. The van der Waals surface area contributed by atoms with Gasteiger partial charge in [-0.15, -0.1) is 0 Å². The van der Waals surface area contributed by atoms with Crippen LogP contribution >= 0.6 is 15.9 Å². The molecule has 0 saturated carbocycles. The van der Waals surface area contributed by atoms with Crippen molar-refractivity contribution in [3.63, 3.8) is 0 Å². The number of carbonyl (C=O) groups excluding carboxylic acids is 3. The van der Waals surface area contributed by atoms with E-state index in [0.717, 1.165) is 0 Å². The highest BCUT2D eigenvalue weighted by atomic mass is 79.9. The fourth-order valence-electron chi connectivity index (χ4n) is 1.29. The molecule has 0 saturated heterocycles. The number of methoxy groups -OCH3 is 1. The third kappa shape index (κ3) is 4.23. The summed E-state index contributed by atoms with van der Waals surface area (Å²) in [5, 5.41) is 1.82. The Morgan fingerprint density at radius 3 is 2.55 bits per heavy atom. The molecule has 108 valence electrons. The summed E-state index contributed by atoms with van der Waals surface area (Å²) in [7, 11) is 1.46. The quantitative estimate of drug-likeness (QED) is 0.797. The highest BCUT2D eigenvalue weighted by molar-refractivity contribution is 9.10. The van der Waals surface area contributed by atoms with Crippen LogP contribution in [0.15, 0.2) is 22.7 Å². The van der Waals surface area contributed by atoms with Crippen molar-refractivity contribution in [2.45, 2.75) is 13.0 Å². The number of nitrogens with two attached hydrogens (primary N) is 1. The Morgan fingerprint density at radius 1 is 1.35 bits per heavy atom. The van der Waals surface area contributed by atoms with Crippen LogP contribution in [-0.4, -0.2) is 31.1 Å². The number of carbonyl (C=O) groups is 3. The van der Waals surface area contributed by atoms with Crippen molar-refractivity contribution in [2.75, 3.05) is 7.11 Å². The molecule has 0 aliphatic heterocycles. The molecule has 3 N–H and O–H groups in total. The molecule has 8 heteroatoms. The molecule has 1 aromatic rings. The average molecular weight is 345 g/mol. The number of esters is 1. The first-order valence-electron chi connectivity index (χ1n) is 5.50. The summed E-state index contributed by atoms with van der Waals surface area (Å²) in [5.74, 6) is -1.07. The largest absolute Gasteiger partial charge is 0.497 e. The van der Waals surface area contributed by atoms with Crippen LogP contribution in [0.4, 0.5) is 4.79 Å². The molecule has 0 aromatic heterocycles. The van der Waals surface area contributed by atoms with Crippen molar-refractivity contribution in [3.05, 3.63) is 28.2 Å². The minimum atomic E-state index is -1.16. The van der Waals surface area contributed by atoms with Gasteiger partial charge in [-0.3, -0.25) is 10.1 Å². The molecular weight excluding hydrogens is 332 g/mol. The van der Waals surface area contributed by atoms with Crippen molar-refractivity contribution >= 4 is 33.8 Å². The lowest BCUT2D eigenvalue weighted by Gasteiger charge is -2.13. The number of hydrogen-bond acceptors (Lipinski definition) is 5. The zero-order valence-electron chi connectivity index (χ0n) is 10.8. The second-order valence-corrected chi connectivity index (χ2v) is 4.60. The van der Waals surface area contributed by atoms with E-state index >= 15 is 0 Å². The lowest BCUT2D eigenvalue weighted by atomic mass is 10.2. The fraction of sp³-hybridized carbons (Fsp3) is 0.250. The maximum Gasteiger partial charge on any atom is 0.340 e. The minimum absolute atomic E-state index is 0.197. The summed E-state index contributed by atoms with van der Waals surface area (Å²) in [4.78, 5) is 33.9. The second kappa shape index (κ2) is 6.90. The van der Waals surface area contributed by atoms with Crippen molar-refractivity contribution < 1.29 is 23.9 Å². The van der Waals surface area contributed by atoms with Gasteiger partial charge in [0.1, 0.15) is 5.75 Å². The molecule has 0 radical (unpaired) electrons. The molecule has 1 aromatic carbocycles. The molecular formula is C12H13BrN2O5. The number of ether oxygens (including phenoxy) is 2. The van der Waals surface area contributed by atoms with E-state index < -0.39 is 24.0 Å². The standard InChI is InChI=1S/C12H13BrN2O5/c1-6(10(16)15-12(14)18)20-11(17)8-5-7(19-2)3-4-9(8)13/h3-6H,1-2H3,(H3,14,15,16,18). The molecule has 0 bridgehead atoms. The molecule has 0 heterocycles. The highest BCUT2D eigenvalue weighted by Crippen LogP contribution is 2.23. The number of primary amides is 1. The number of rotatable bonds is 4. The van der Waals surface area contributed by atoms with Crippen LogP contribution in [0.2, 0.25) is 0 Å². The number of urea groups is 1. The monoisotopic (exact) mass is 344 g/mol. The van der Waals surface area contributed by atoms with E-state index in [1.54, 1.807) is 12.1 Å². The van der Waals surface area contributed by atoms with E-state index in [1.165, 1.54) is 20.1 Å². The average Bonchev–Trinajstić information content (AvgIpc) is 2.38. The number of hydrogen-bond donors (Lipinski definition) is 2. The Morgan fingerprint density at radius 2 is 2.00 bits per heavy atom. The molecule has 1 unspecified atom stereocenters. The summed E-state index contributed by atoms with van der Waals surface area (Å²) in [6, 6.07) is 3.72. The Balaban J connectivity index is 2.80. The molecule has 1 rings (SSSR count). The topological polar surface area (TPSA) is 108 Å². The van der Waals surface area contributed by atoms with Gasteiger partial charge in [-0.25, -0.2) is 9.59 Å². The molecule has 1 atom stereocenters. The van der Waals surface area contributed by atoms with Gasteiger partial charge in [0, 0.05) is 4.47 Å². The van der Waals surface area contributed by atoms with Crippen LogP contribution in [0.3, 0.4) is 0 Å². The van der Waals surface area contributed by atoms with Gasteiger partial charge in [0.15, 0.2) is 6.10 Å².